The monoisotopic (exact) mass is 211 g/mol. The summed E-state index contributed by atoms with van der Waals surface area (Å²) >= 11 is 0. The van der Waals surface area contributed by atoms with Crippen LogP contribution in [0.2, 0.25) is 0 Å². The molecule has 0 spiro atoms. The number of hydrogen-bond acceptors (Lipinski definition) is 2. The summed E-state index contributed by atoms with van der Waals surface area (Å²) in [6.07, 6.45) is 1.87. The van der Waals surface area contributed by atoms with Crippen molar-refractivity contribution in [1.82, 2.24) is 0 Å². The summed E-state index contributed by atoms with van der Waals surface area (Å²) in [6, 6.07) is 4.82. The van der Waals surface area contributed by atoms with Crippen molar-refractivity contribution >= 4 is 5.69 Å². The molecule has 1 aromatic rings. The molecular formula is C12H18FNO. The van der Waals surface area contributed by atoms with Crippen LogP contribution in [0.4, 0.5) is 10.1 Å². The van der Waals surface area contributed by atoms with Gasteiger partial charge in [-0.05, 0) is 37.1 Å². The van der Waals surface area contributed by atoms with Gasteiger partial charge in [-0.15, -0.1) is 0 Å². The third kappa shape index (κ3) is 3.88. The Bertz CT molecular complexity index is 294. The minimum absolute atomic E-state index is 0.0104. The number of aliphatic hydroxyl groups excluding tert-OH is 1. The van der Waals surface area contributed by atoms with Gasteiger partial charge in [0.2, 0.25) is 0 Å². The number of rotatable bonds is 5. The Hall–Kier alpha value is -1.09. The third-order valence-electron chi connectivity index (χ3n) is 2.27. The van der Waals surface area contributed by atoms with Crippen LogP contribution in [0, 0.1) is 12.7 Å². The molecule has 1 aromatic carbocycles. The molecule has 0 radical (unpaired) electrons. The van der Waals surface area contributed by atoms with Crippen molar-refractivity contribution < 1.29 is 9.50 Å². The second-order valence-electron chi connectivity index (χ2n) is 3.83. The summed E-state index contributed by atoms with van der Waals surface area (Å²) in [5.41, 5.74) is 1.62. The van der Waals surface area contributed by atoms with Gasteiger partial charge < -0.3 is 10.4 Å². The summed E-state index contributed by atoms with van der Waals surface area (Å²) in [4.78, 5) is 0. The average molecular weight is 211 g/mol. The van der Waals surface area contributed by atoms with E-state index in [0.29, 0.717) is 0 Å². The average Bonchev–Trinajstić information content (AvgIpc) is 2.15. The van der Waals surface area contributed by atoms with E-state index in [2.05, 4.69) is 12.2 Å². The molecule has 0 saturated heterocycles. The van der Waals surface area contributed by atoms with Crippen LogP contribution in [-0.2, 0) is 0 Å². The molecule has 0 heterocycles. The number of halogens is 1. The maximum absolute atomic E-state index is 13.1. The predicted molar refractivity (Wildman–Crippen MR) is 60.5 cm³/mol. The lowest BCUT2D eigenvalue weighted by atomic mass is 10.1. The number of benzene rings is 1. The standard InChI is InChI=1S/C12H18FNO/c1-3-4-11(8-15)14-12-6-9(2)5-10(13)7-12/h5-7,11,14-15H,3-4,8H2,1-2H3. The van der Waals surface area contributed by atoms with E-state index in [-0.39, 0.29) is 18.5 Å². The Kier molecular flexibility index (Phi) is 4.56. The summed E-state index contributed by atoms with van der Waals surface area (Å²) in [5, 5.41) is 12.2. The molecule has 1 rings (SSSR count). The van der Waals surface area contributed by atoms with E-state index in [4.69, 9.17) is 5.11 Å². The van der Waals surface area contributed by atoms with Gasteiger partial charge >= 0.3 is 0 Å². The highest BCUT2D eigenvalue weighted by molar-refractivity contribution is 5.46. The smallest absolute Gasteiger partial charge is 0.125 e. The van der Waals surface area contributed by atoms with Crippen LogP contribution < -0.4 is 5.32 Å². The quantitative estimate of drug-likeness (QED) is 0.784. The van der Waals surface area contributed by atoms with Crippen LogP contribution >= 0.6 is 0 Å². The predicted octanol–water partition coefficient (Wildman–Crippen LogP) is 2.71. The van der Waals surface area contributed by atoms with Crippen molar-refractivity contribution in [1.29, 1.82) is 0 Å². The summed E-state index contributed by atoms with van der Waals surface area (Å²) in [5.74, 6) is -0.245. The molecule has 2 nitrogen and oxygen atoms in total. The lowest BCUT2D eigenvalue weighted by molar-refractivity contribution is 0.268. The molecule has 0 fully saturated rings. The molecule has 0 aliphatic carbocycles. The van der Waals surface area contributed by atoms with E-state index in [1.54, 1.807) is 0 Å². The van der Waals surface area contributed by atoms with Gasteiger partial charge in [-0.1, -0.05) is 13.3 Å². The zero-order valence-electron chi connectivity index (χ0n) is 9.26. The SMILES string of the molecule is CCCC(CO)Nc1cc(C)cc(F)c1. The van der Waals surface area contributed by atoms with E-state index in [9.17, 15) is 4.39 Å². The van der Waals surface area contributed by atoms with Gasteiger partial charge in [0.25, 0.3) is 0 Å². The minimum Gasteiger partial charge on any atom is -0.394 e. The first kappa shape index (κ1) is 12.0. The highest BCUT2D eigenvalue weighted by Gasteiger charge is 2.06. The fraction of sp³-hybridized carbons (Fsp3) is 0.500. The molecule has 0 amide bonds. The van der Waals surface area contributed by atoms with Crippen molar-refractivity contribution in [2.24, 2.45) is 0 Å². The van der Waals surface area contributed by atoms with Crippen LogP contribution in [0.15, 0.2) is 18.2 Å². The van der Waals surface area contributed by atoms with Crippen molar-refractivity contribution in [3.05, 3.63) is 29.6 Å². The first-order valence-electron chi connectivity index (χ1n) is 5.30. The molecule has 0 aromatic heterocycles. The Balaban J connectivity index is 2.69. The molecule has 0 bridgehead atoms. The third-order valence-corrected chi connectivity index (χ3v) is 2.27. The Morgan fingerprint density at radius 2 is 2.13 bits per heavy atom. The number of nitrogens with one attached hydrogen (secondary N) is 1. The second-order valence-corrected chi connectivity index (χ2v) is 3.83. The normalized spacial score (nSPS) is 12.5. The van der Waals surface area contributed by atoms with Gasteiger partial charge in [0.05, 0.1) is 6.61 Å². The molecule has 1 unspecified atom stereocenters. The van der Waals surface area contributed by atoms with E-state index in [0.717, 1.165) is 24.1 Å². The van der Waals surface area contributed by atoms with E-state index in [1.807, 2.05) is 13.0 Å². The molecule has 0 aliphatic heterocycles. The first-order valence-corrected chi connectivity index (χ1v) is 5.30. The van der Waals surface area contributed by atoms with Crippen LogP contribution in [0.25, 0.3) is 0 Å². The van der Waals surface area contributed by atoms with Gasteiger partial charge in [-0.3, -0.25) is 0 Å². The zero-order chi connectivity index (χ0) is 11.3. The molecule has 0 aliphatic rings. The number of anilines is 1. The van der Waals surface area contributed by atoms with Crippen molar-refractivity contribution in [2.75, 3.05) is 11.9 Å². The molecule has 3 heteroatoms. The first-order chi connectivity index (χ1) is 7.15. The van der Waals surface area contributed by atoms with Gasteiger partial charge in [-0.2, -0.15) is 0 Å². The Labute approximate surface area is 90.1 Å². The maximum atomic E-state index is 13.1. The van der Waals surface area contributed by atoms with Crippen molar-refractivity contribution in [3.8, 4) is 0 Å². The lowest BCUT2D eigenvalue weighted by Gasteiger charge is -2.17. The maximum Gasteiger partial charge on any atom is 0.125 e. The zero-order valence-corrected chi connectivity index (χ0v) is 9.26. The van der Waals surface area contributed by atoms with Gasteiger partial charge in [0, 0.05) is 11.7 Å². The van der Waals surface area contributed by atoms with Crippen LogP contribution in [-0.4, -0.2) is 17.8 Å². The van der Waals surface area contributed by atoms with Crippen LogP contribution in [0.1, 0.15) is 25.3 Å². The van der Waals surface area contributed by atoms with Gasteiger partial charge in [0.15, 0.2) is 0 Å². The number of aryl methyl sites for hydroxylation is 1. The van der Waals surface area contributed by atoms with Crippen molar-refractivity contribution in [3.63, 3.8) is 0 Å². The van der Waals surface area contributed by atoms with Crippen LogP contribution in [0.5, 0.6) is 0 Å². The van der Waals surface area contributed by atoms with E-state index >= 15 is 0 Å². The molecule has 1 atom stereocenters. The fourth-order valence-corrected chi connectivity index (χ4v) is 1.61. The van der Waals surface area contributed by atoms with E-state index < -0.39 is 0 Å². The summed E-state index contributed by atoms with van der Waals surface area (Å²) in [6.45, 7) is 3.98. The molecular weight excluding hydrogens is 193 g/mol. The number of aliphatic hydroxyl groups is 1. The van der Waals surface area contributed by atoms with Gasteiger partial charge in [-0.25, -0.2) is 4.39 Å². The molecule has 15 heavy (non-hydrogen) atoms. The largest absolute Gasteiger partial charge is 0.394 e. The highest BCUT2D eigenvalue weighted by atomic mass is 19.1. The Morgan fingerprint density at radius 1 is 1.40 bits per heavy atom. The highest BCUT2D eigenvalue weighted by Crippen LogP contribution is 2.15. The lowest BCUT2D eigenvalue weighted by Crippen LogP contribution is -2.23. The minimum atomic E-state index is -0.245. The Morgan fingerprint density at radius 3 is 2.67 bits per heavy atom. The second kappa shape index (κ2) is 5.71. The topological polar surface area (TPSA) is 32.3 Å². The molecule has 0 saturated carbocycles. The summed E-state index contributed by atoms with van der Waals surface area (Å²) in [7, 11) is 0. The summed E-state index contributed by atoms with van der Waals surface area (Å²) < 4.78 is 13.1. The van der Waals surface area contributed by atoms with Crippen molar-refractivity contribution in [2.45, 2.75) is 32.7 Å². The molecule has 2 N–H and O–H groups in total. The van der Waals surface area contributed by atoms with E-state index in [1.165, 1.54) is 12.1 Å². The molecule has 84 valence electrons. The van der Waals surface area contributed by atoms with Gasteiger partial charge in [0.1, 0.15) is 5.82 Å². The number of hydrogen-bond donors (Lipinski definition) is 2. The van der Waals surface area contributed by atoms with Crippen LogP contribution in [0.3, 0.4) is 0 Å². The fourth-order valence-electron chi connectivity index (χ4n) is 1.61.